The highest BCUT2D eigenvalue weighted by Gasteiger charge is 2.34. The quantitative estimate of drug-likeness (QED) is 0.797. The molecule has 2 rings (SSSR count). The van der Waals surface area contributed by atoms with Crippen LogP contribution in [0.3, 0.4) is 0 Å². The van der Waals surface area contributed by atoms with Gasteiger partial charge in [-0.05, 0) is 38.2 Å². The number of carbonyl (C=O) groups is 1. The maximum atomic E-state index is 12.2. The lowest BCUT2D eigenvalue weighted by Gasteiger charge is -2.32. The molecule has 0 radical (unpaired) electrons. The van der Waals surface area contributed by atoms with Gasteiger partial charge in [-0.25, -0.2) is 0 Å². The van der Waals surface area contributed by atoms with Crippen LogP contribution >= 0.6 is 0 Å². The maximum absolute atomic E-state index is 12.2. The lowest BCUT2D eigenvalue weighted by molar-refractivity contribution is -0.148. The van der Waals surface area contributed by atoms with Crippen molar-refractivity contribution in [3.63, 3.8) is 0 Å². The van der Waals surface area contributed by atoms with Gasteiger partial charge in [-0.1, -0.05) is 30.3 Å². The smallest absolute Gasteiger partial charge is 0.164 e. The third kappa shape index (κ3) is 3.16. The van der Waals surface area contributed by atoms with Gasteiger partial charge < -0.3 is 4.74 Å². The second kappa shape index (κ2) is 5.46. The minimum absolute atomic E-state index is 0.251. The molecule has 1 aromatic carbocycles. The molecule has 1 unspecified atom stereocenters. The first kappa shape index (κ1) is 12.3. The fraction of sp³-hybridized carbons (Fsp3) is 0.533. The Balaban J connectivity index is 1.88. The van der Waals surface area contributed by atoms with E-state index in [0.717, 1.165) is 32.3 Å². The van der Waals surface area contributed by atoms with Crippen LogP contribution in [0.15, 0.2) is 30.3 Å². The van der Waals surface area contributed by atoms with Crippen molar-refractivity contribution in [2.75, 3.05) is 6.61 Å². The molecule has 17 heavy (non-hydrogen) atoms. The first-order valence-electron chi connectivity index (χ1n) is 6.42. The maximum Gasteiger partial charge on any atom is 0.164 e. The van der Waals surface area contributed by atoms with Crippen LogP contribution in [0.25, 0.3) is 0 Å². The third-order valence-electron chi connectivity index (χ3n) is 3.54. The zero-order chi connectivity index (χ0) is 12.1. The molecule has 1 atom stereocenters. The van der Waals surface area contributed by atoms with Crippen molar-refractivity contribution in [1.29, 1.82) is 0 Å². The van der Waals surface area contributed by atoms with E-state index in [1.165, 1.54) is 5.56 Å². The summed E-state index contributed by atoms with van der Waals surface area (Å²) in [6.45, 7) is 2.67. The Morgan fingerprint density at radius 2 is 2.06 bits per heavy atom. The van der Waals surface area contributed by atoms with Crippen molar-refractivity contribution >= 4 is 5.78 Å². The van der Waals surface area contributed by atoms with E-state index in [1.54, 1.807) is 0 Å². The molecule has 1 aliphatic heterocycles. The molecule has 0 saturated carbocycles. The standard InChI is InChI=1S/C15H20O2/c1-15(11-5-6-12-17-15)14(16)10-9-13-7-3-2-4-8-13/h2-4,7-8H,5-6,9-12H2,1H3. The number of Topliss-reactive ketones (excluding diaryl/α,β-unsaturated/α-hetero) is 1. The fourth-order valence-corrected chi connectivity index (χ4v) is 2.32. The Bertz CT molecular complexity index is 364. The van der Waals surface area contributed by atoms with Crippen LogP contribution < -0.4 is 0 Å². The Labute approximate surface area is 103 Å². The average Bonchev–Trinajstić information content (AvgIpc) is 2.38. The first-order valence-corrected chi connectivity index (χ1v) is 6.42. The molecule has 2 nitrogen and oxygen atoms in total. The monoisotopic (exact) mass is 232 g/mol. The second-order valence-electron chi connectivity index (χ2n) is 4.95. The Morgan fingerprint density at radius 1 is 1.29 bits per heavy atom. The van der Waals surface area contributed by atoms with Gasteiger partial charge in [0.2, 0.25) is 0 Å². The molecule has 92 valence electrons. The molecule has 2 heteroatoms. The third-order valence-corrected chi connectivity index (χ3v) is 3.54. The van der Waals surface area contributed by atoms with Gasteiger partial charge in [0.15, 0.2) is 5.78 Å². The Hall–Kier alpha value is -1.15. The van der Waals surface area contributed by atoms with Gasteiger partial charge in [-0.15, -0.1) is 0 Å². The fourth-order valence-electron chi connectivity index (χ4n) is 2.32. The summed E-state index contributed by atoms with van der Waals surface area (Å²) in [7, 11) is 0. The van der Waals surface area contributed by atoms with E-state index in [4.69, 9.17) is 4.74 Å². The minimum Gasteiger partial charge on any atom is -0.368 e. The summed E-state index contributed by atoms with van der Waals surface area (Å²) >= 11 is 0. The molecule has 0 N–H and O–H groups in total. The molecule has 1 aromatic rings. The van der Waals surface area contributed by atoms with Crippen LogP contribution in [0.1, 0.15) is 38.2 Å². The van der Waals surface area contributed by atoms with Crippen molar-refractivity contribution in [2.24, 2.45) is 0 Å². The van der Waals surface area contributed by atoms with Gasteiger partial charge in [0.25, 0.3) is 0 Å². The highest BCUT2D eigenvalue weighted by atomic mass is 16.5. The molecule has 0 bridgehead atoms. The average molecular weight is 232 g/mol. The van der Waals surface area contributed by atoms with Crippen LogP contribution in [0, 0.1) is 0 Å². The molecule has 1 heterocycles. The van der Waals surface area contributed by atoms with Crippen molar-refractivity contribution < 1.29 is 9.53 Å². The van der Waals surface area contributed by atoms with Gasteiger partial charge in [0.05, 0.1) is 0 Å². The van der Waals surface area contributed by atoms with Crippen LogP contribution in [0.5, 0.6) is 0 Å². The van der Waals surface area contributed by atoms with Crippen molar-refractivity contribution in [3.05, 3.63) is 35.9 Å². The van der Waals surface area contributed by atoms with Crippen LogP contribution in [0.2, 0.25) is 0 Å². The lowest BCUT2D eigenvalue weighted by atomic mass is 9.88. The second-order valence-corrected chi connectivity index (χ2v) is 4.95. The minimum atomic E-state index is -0.521. The number of rotatable bonds is 4. The van der Waals surface area contributed by atoms with Crippen molar-refractivity contribution in [1.82, 2.24) is 0 Å². The van der Waals surface area contributed by atoms with E-state index >= 15 is 0 Å². The zero-order valence-electron chi connectivity index (χ0n) is 10.4. The number of hydrogen-bond acceptors (Lipinski definition) is 2. The molecular weight excluding hydrogens is 212 g/mol. The van der Waals surface area contributed by atoms with Crippen LogP contribution in [-0.4, -0.2) is 18.0 Å². The molecular formula is C15H20O2. The topological polar surface area (TPSA) is 26.3 Å². The predicted octanol–water partition coefficient (Wildman–Crippen LogP) is 3.15. The molecule has 1 fully saturated rings. The van der Waals surface area contributed by atoms with E-state index < -0.39 is 5.60 Å². The largest absolute Gasteiger partial charge is 0.368 e. The highest BCUT2D eigenvalue weighted by molar-refractivity contribution is 5.87. The molecule has 0 spiro atoms. The molecule has 0 aliphatic carbocycles. The summed E-state index contributed by atoms with van der Waals surface area (Å²) in [6.07, 6.45) is 4.47. The van der Waals surface area contributed by atoms with Gasteiger partial charge in [-0.3, -0.25) is 4.79 Å². The van der Waals surface area contributed by atoms with Gasteiger partial charge in [0.1, 0.15) is 5.60 Å². The van der Waals surface area contributed by atoms with Gasteiger partial charge >= 0.3 is 0 Å². The summed E-state index contributed by atoms with van der Waals surface area (Å²) in [6, 6.07) is 10.2. The molecule has 1 aliphatic rings. The lowest BCUT2D eigenvalue weighted by Crippen LogP contribution is -2.41. The van der Waals surface area contributed by atoms with E-state index in [9.17, 15) is 4.79 Å². The highest BCUT2D eigenvalue weighted by Crippen LogP contribution is 2.26. The number of ether oxygens (including phenoxy) is 1. The summed E-state index contributed by atoms with van der Waals surface area (Å²) in [5.41, 5.74) is 0.702. The number of ketones is 1. The SMILES string of the molecule is CC1(C(=O)CCc2ccccc2)CCCCO1. The van der Waals surface area contributed by atoms with E-state index in [1.807, 2.05) is 25.1 Å². The predicted molar refractivity (Wildman–Crippen MR) is 68.0 cm³/mol. The van der Waals surface area contributed by atoms with Crippen molar-refractivity contribution in [3.8, 4) is 0 Å². The Kier molecular flexibility index (Phi) is 3.95. The van der Waals surface area contributed by atoms with E-state index in [0.29, 0.717) is 6.42 Å². The molecule has 1 saturated heterocycles. The number of benzene rings is 1. The van der Waals surface area contributed by atoms with Crippen LogP contribution in [-0.2, 0) is 16.0 Å². The summed E-state index contributed by atoms with van der Waals surface area (Å²) in [4.78, 5) is 12.2. The number of hydrogen-bond donors (Lipinski definition) is 0. The summed E-state index contributed by atoms with van der Waals surface area (Å²) < 4.78 is 5.67. The van der Waals surface area contributed by atoms with Gasteiger partial charge in [-0.2, -0.15) is 0 Å². The summed E-state index contributed by atoms with van der Waals surface area (Å²) in [5.74, 6) is 0.251. The molecule has 0 amide bonds. The number of aryl methyl sites for hydroxylation is 1. The van der Waals surface area contributed by atoms with Crippen molar-refractivity contribution in [2.45, 2.75) is 44.6 Å². The van der Waals surface area contributed by atoms with E-state index in [-0.39, 0.29) is 5.78 Å². The summed E-state index contributed by atoms with van der Waals surface area (Å²) in [5, 5.41) is 0. The van der Waals surface area contributed by atoms with E-state index in [2.05, 4.69) is 12.1 Å². The normalized spacial score (nSPS) is 24.5. The first-order chi connectivity index (χ1) is 8.21. The van der Waals surface area contributed by atoms with Gasteiger partial charge in [0, 0.05) is 13.0 Å². The number of carbonyl (C=O) groups excluding carboxylic acids is 1. The molecule has 0 aromatic heterocycles. The zero-order valence-corrected chi connectivity index (χ0v) is 10.4. The Morgan fingerprint density at radius 3 is 2.71 bits per heavy atom. The van der Waals surface area contributed by atoms with Crippen LogP contribution in [0.4, 0.5) is 0 Å².